The number of nitrogens with zero attached hydrogens (tertiary/aromatic N) is 1. The monoisotopic (exact) mass is 276 g/mol. The molecule has 0 bridgehead atoms. The Bertz CT molecular complexity index is 475. The van der Waals surface area contributed by atoms with Crippen LogP contribution in [0.25, 0.3) is 0 Å². The summed E-state index contributed by atoms with van der Waals surface area (Å²) in [6.45, 7) is 6.48. The molecule has 0 saturated carbocycles. The number of hydrogen-bond donors (Lipinski definition) is 3. The van der Waals surface area contributed by atoms with E-state index >= 15 is 0 Å². The molecule has 2 rings (SSSR count). The Morgan fingerprint density at radius 2 is 2.30 bits per heavy atom. The maximum atomic E-state index is 11.8. The van der Waals surface area contributed by atoms with Gasteiger partial charge < -0.3 is 21.3 Å². The van der Waals surface area contributed by atoms with E-state index in [0.717, 1.165) is 25.3 Å². The number of nitrogen functional groups attached to an aromatic ring is 1. The van der Waals surface area contributed by atoms with Crippen LogP contribution in [0.5, 0.6) is 0 Å². The van der Waals surface area contributed by atoms with Gasteiger partial charge in [-0.25, -0.2) is 0 Å². The summed E-state index contributed by atoms with van der Waals surface area (Å²) in [5.74, 6) is 0.544. The van der Waals surface area contributed by atoms with E-state index in [-0.39, 0.29) is 5.91 Å². The molecule has 1 heterocycles. The van der Waals surface area contributed by atoms with Crippen molar-refractivity contribution >= 4 is 17.3 Å². The van der Waals surface area contributed by atoms with Crippen molar-refractivity contribution in [1.82, 2.24) is 10.2 Å². The molecule has 1 unspecified atom stereocenters. The summed E-state index contributed by atoms with van der Waals surface area (Å²) in [7, 11) is 1.64. The van der Waals surface area contributed by atoms with Gasteiger partial charge in [-0.05, 0) is 43.6 Å². The molecule has 1 amide bonds. The van der Waals surface area contributed by atoms with Gasteiger partial charge in [0.15, 0.2) is 0 Å². The molecule has 5 nitrogen and oxygen atoms in total. The Morgan fingerprint density at radius 1 is 1.50 bits per heavy atom. The maximum Gasteiger partial charge on any atom is 0.253 e. The lowest BCUT2D eigenvalue weighted by atomic mass is 10.1. The minimum atomic E-state index is -0.0888. The molecule has 1 aliphatic heterocycles. The van der Waals surface area contributed by atoms with Crippen LogP contribution in [0.2, 0.25) is 0 Å². The van der Waals surface area contributed by atoms with E-state index in [1.807, 2.05) is 6.07 Å². The average molecular weight is 276 g/mol. The van der Waals surface area contributed by atoms with Crippen molar-refractivity contribution in [2.45, 2.75) is 13.3 Å². The molecule has 5 heteroatoms. The molecule has 1 fully saturated rings. The summed E-state index contributed by atoms with van der Waals surface area (Å²) in [6, 6.07) is 5.35. The molecule has 0 radical (unpaired) electrons. The third kappa shape index (κ3) is 3.42. The van der Waals surface area contributed by atoms with E-state index in [1.54, 1.807) is 19.2 Å². The fourth-order valence-electron chi connectivity index (χ4n) is 2.66. The van der Waals surface area contributed by atoms with Crippen molar-refractivity contribution < 1.29 is 4.79 Å². The number of hydrogen-bond acceptors (Lipinski definition) is 4. The zero-order valence-corrected chi connectivity index (χ0v) is 12.3. The average Bonchev–Trinajstić information content (AvgIpc) is 2.92. The number of carbonyl (C=O) groups excluding carboxylic acids is 1. The molecule has 0 spiro atoms. The summed E-state index contributed by atoms with van der Waals surface area (Å²) in [5.41, 5.74) is 7.95. The summed E-state index contributed by atoms with van der Waals surface area (Å²) in [5, 5.41) is 6.05. The van der Waals surface area contributed by atoms with Crippen molar-refractivity contribution in [3.05, 3.63) is 23.8 Å². The van der Waals surface area contributed by atoms with E-state index in [0.29, 0.717) is 17.2 Å². The SMILES string of the molecule is CCN1CCC(CNc2cc(N)ccc2C(=O)NC)C1. The predicted molar refractivity (Wildman–Crippen MR) is 83.0 cm³/mol. The van der Waals surface area contributed by atoms with Gasteiger partial charge >= 0.3 is 0 Å². The third-order valence-corrected chi connectivity index (χ3v) is 3.91. The van der Waals surface area contributed by atoms with Crippen molar-refractivity contribution in [3.63, 3.8) is 0 Å². The van der Waals surface area contributed by atoms with Gasteiger partial charge in [0.1, 0.15) is 0 Å². The third-order valence-electron chi connectivity index (χ3n) is 3.91. The first-order chi connectivity index (χ1) is 9.63. The van der Waals surface area contributed by atoms with Crippen LogP contribution in [-0.4, -0.2) is 44.0 Å². The summed E-state index contributed by atoms with van der Waals surface area (Å²) < 4.78 is 0. The highest BCUT2D eigenvalue weighted by atomic mass is 16.1. The van der Waals surface area contributed by atoms with Crippen molar-refractivity contribution in [3.8, 4) is 0 Å². The van der Waals surface area contributed by atoms with E-state index in [4.69, 9.17) is 5.73 Å². The number of likely N-dealkylation sites (tertiary alicyclic amines) is 1. The fraction of sp³-hybridized carbons (Fsp3) is 0.533. The van der Waals surface area contributed by atoms with Crippen LogP contribution in [0.15, 0.2) is 18.2 Å². The highest BCUT2D eigenvalue weighted by molar-refractivity contribution is 6.00. The first-order valence-electron chi connectivity index (χ1n) is 7.21. The Kier molecular flexibility index (Phi) is 4.84. The van der Waals surface area contributed by atoms with Crippen molar-refractivity contribution in [2.75, 3.05) is 44.3 Å². The van der Waals surface area contributed by atoms with Gasteiger partial charge in [0.2, 0.25) is 0 Å². The van der Waals surface area contributed by atoms with Crippen LogP contribution >= 0.6 is 0 Å². The van der Waals surface area contributed by atoms with Crippen LogP contribution in [0, 0.1) is 5.92 Å². The second kappa shape index (κ2) is 6.61. The largest absolute Gasteiger partial charge is 0.399 e. The topological polar surface area (TPSA) is 70.4 Å². The summed E-state index contributed by atoms with van der Waals surface area (Å²) >= 11 is 0. The lowest BCUT2D eigenvalue weighted by Gasteiger charge is -2.16. The molecular formula is C15H24N4O. The van der Waals surface area contributed by atoms with Crippen molar-refractivity contribution in [1.29, 1.82) is 0 Å². The fourth-order valence-corrected chi connectivity index (χ4v) is 2.66. The Labute approximate surface area is 120 Å². The normalized spacial score (nSPS) is 19.0. The number of nitrogens with one attached hydrogen (secondary N) is 2. The molecule has 20 heavy (non-hydrogen) atoms. The quantitative estimate of drug-likeness (QED) is 0.711. The molecular weight excluding hydrogens is 252 g/mol. The molecule has 110 valence electrons. The van der Waals surface area contributed by atoms with Gasteiger partial charge in [-0.1, -0.05) is 6.92 Å². The zero-order chi connectivity index (χ0) is 14.5. The molecule has 1 aromatic carbocycles. The molecule has 1 aromatic rings. The lowest BCUT2D eigenvalue weighted by molar-refractivity contribution is 0.0964. The highest BCUT2D eigenvalue weighted by Crippen LogP contribution is 2.22. The van der Waals surface area contributed by atoms with Crippen LogP contribution in [0.3, 0.4) is 0 Å². The van der Waals surface area contributed by atoms with Gasteiger partial charge in [-0.15, -0.1) is 0 Å². The van der Waals surface area contributed by atoms with E-state index in [9.17, 15) is 4.79 Å². The Morgan fingerprint density at radius 3 is 2.95 bits per heavy atom. The second-order valence-corrected chi connectivity index (χ2v) is 5.31. The molecule has 1 saturated heterocycles. The number of benzene rings is 1. The number of rotatable bonds is 5. The zero-order valence-electron chi connectivity index (χ0n) is 12.3. The Hall–Kier alpha value is -1.75. The standard InChI is InChI=1S/C15H24N4O/c1-3-19-7-6-11(10-19)9-18-14-8-12(16)4-5-13(14)15(20)17-2/h4-5,8,11,18H,3,6-7,9-10,16H2,1-2H3,(H,17,20). The Balaban J connectivity index is 2.01. The minimum absolute atomic E-state index is 0.0888. The number of carbonyl (C=O) groups is 1. The van der Waals surface area contributed by atoms with Crippen molar-refractivity contribution in [2.24, 2.45) is 5.92 Å². The first kappa shape index (κ1) is 14.7. The van der Waals surface area contributed by atoms with Gasteiger partial charge in [0.05, 0.1) is 5.56 Å². The van der Waals surface area contributed by atoms with Gasteiger partial charge in [0.25, 0.3) is 5.91 Å². The van der Waals surface area contributed by atoms with Crippen LogP contribution in [0.1, 0.15) is 23.7 Å². The van der Waals surface area contributed by atoms with Gasteiger partial charge in [0, 0.05) is 31.5 Å². The van der Waals surface area contributed by atoms with Gasteiger partial charge in [-0.3, -0.25) is 4.79 Å². The van der Waals surface area contributed by atoms with Crippen LogP contribution in [-0.2, 0) is 0 Å². The number of nitrogens with two attached hydrogens (primary N) is 1. The highest BCUT2D eigenvalue weighted by Gasteiger charge is 2.21. The first-order valence-corrected chi connectivity index (χ1v) is 7.21. The molecule has 1 atom stereocenters. The summed E-state index contributed by atoms with van der Waals surface area (Å²) in [6.07, 6.45) is 1.21. The van der Waals surface area contributed by atoms with E-state index in [2.05, 4.69) is 22.5 Å². The minimum Gasteiger partial charge on any atom is -0.399 e. The molecule has 1 aliphatic rings. The summed E-state index contributed by atoms with van der Waals surface area (Å²) in [4.78, 5) is 14.3. The molecule has 0 aliphatic carbocycles. The number of anilines is 2. The lowest BCUT2D eigenvalue weighted by Crippen LogP contribution is -2.24. The van der Waals surface area contributed by atoms with Crippen LogP contribution < -0.4 is 16.4 Å². The molecule has 0 aromatic heterocycles. The second-order valence-electron chi connectivity index (χ2n) is 5.31. The maximum absolute atomic E-state index is 11.8. The van der Waals surface area contributed by atoms with E-state index < -0.39 is 0 Å². The van der Waals surface area contributed by atoms with Crippen LogP contribution in [0.4, 0.5) is 11.4 Å². The predicted octanol–water partition coefficient (Wildman–Crippen LogP) is 1.38. The van der Waals surface area contributed by atoms with Gasteiger partial charge in [-0.2, -0.15) is 0 Å². The molecule has 4 N–H and O–H groups in total. The smallest absolute Gasteiger partial charge is 0.253 e. The van der Waals surface area contributed by atoms with E-state index in [1.165, 1.54) is 13.0 Å². The number of amides is 1.